The number of nitrogens with one attached hydrogen (secondary N) is 1. The van der Waals surface area contributed by atoms with Crippen LogP contribution in [0, 0.1) is 0 Å². The van der Waals surface area contributed by atoms with Gasteiger partial charge in [-0.25, -0.2) is 0 Å². The number of rotatable bonds is 3. The zero-order valence-electron chi connectivity index (χ0n) is 10.6. The van der Waals surface area contributed by atoms with Gasteiger partial charge in [0.05, 0.1) is 11.1 Å². The zero-order valence-corrected chi connectivity index (χ0v) is 12.9. The number of amides is 1. The van der Waals surface area contributed by atoms with E-state index in [2.05, 4.69) is 26.2 Å². The normalized spacial score (nSPS) is 15.7. The fraction of sp³-hybridized carbons (Fsp3) is 0.200. The van der Waals surface area contributed by atoms with Gasteiger partial charge < -0.3 is 5.32 Å². The van der Waals surface area contributed by atoms with Crippen molar-refractivity contribution in [3.8, 4) is 0 Å². The van der Waals surface area contributed by atoms with Crippen LogP contribution in [0.1, 0.15) is 28.8 Å². The summed E-state index contributed by atoms with van der Waals surface area (Å²) >= 11 is 9.22. The SMILES string of the molecule is O=C(NC1(c2ccc(Cl)cc2)CC1)c1cncc(Br)c1. The maximum Gasteiger partial charge on any atom is 0.253 e. The van der Waals surface area contributed by atoms with Crippen molar-refractivity contribution in [3.05, 3.63) is 63.3 Å². The molecule has 0 saturated heterocycles. The van der Waals surface area contributed by atoms with Crippen molar-refractivity contribution >= 4 is 33.4 Å². The molecule has 1 aromatic heterocycles. The van der Waals surface area contributed by atoms with E-state index in [1.54, 1.807) is 18.5 Å². The van der Waals surface area contributed by atoms with Gasteiger partial charge in [-0.1, -0.05) is 23.7 Å². The van der Waals surface area contributed by atoms with Gasteiger partial charge in [0.15, 0.2) is 0 Å². The van der Waals surface area contributed by atoms with Crippen LogP contribution in [0.5, 0.6) is 0 Å². The van der Waals surface area contributed by atoms with Gasteiger partial charge in [-0.15, -0.1) is 0 Å². The van der Waals surface area contributed by atoms with Crippen LogP contribution in [-0.4, -0.2) is 10.9 Å². The quantitative estimate of drug-likeness (QED) is 0.911. The Morgan fingerprint density at radius 1 is 1.25 bits per heavy atom. The van der Waals surface area contributed by atoms with E-state index >= 15 is 0 Å². The molecule has 3 rings (SSSR count). The van der Waals surface area contributed by atoms with Crippen LogP contribution >= 0.6 is 27.5 Å². The third kappa shape index (κ3) is 2.72. The summed E-state index contributed by atoms with van der Waals surface area (Å²) in [6.07, 6.45) is 5.12. The Kier molecular flexibility index (Phi) is 3.52. The molecule has 0 atom stereocenters. The maximum absolute atomic E-state index is 12.3. The number of carbonyl (C=O) groups excluding carboxylic acids is 1. The predicted octanol–water partition coefficient (Wildman–Crippen LogP) is 3.92. The monoisotopic (exact) mass is 350 g/mol. The summed E-state index contributed by atoms with van der Waals surface area (Å²) in [4.78, 5) is 16.3. The number of halogens is 2. The van der Waals surface area contributed by atoms with Crippen LogP contribution < -0.4 is 5.32 Å². The van der Waals surface area contributed by atoms with Crippen LogP contribution in [0.15, 0.2) is 47.2 Å². The number of hydrogen-bond acceptors (Lipinski definition) is 2. The first-order valence-corrected chi connectivity index (χ1v) is 7.45. The molecule has 1 saturated carbocycles. The van der Waals surface area contributed by atoms with E-state index in [0.717, 1.165) is 22.9 Å². The average Bonchev–Trinajstić information content (AvgIpc) is 3.20. The minimum absolute atomic E-state index is 0.105. The Labute approximate surface area is 130 Å². The molecule has 1 amide bonds. The van der Waals surface area contributed by atoms with E-state index < -0.39 is 0 Å². The molecule has 3 nitrogen and oxygen atoms in total. The van der Waals surface area contributed by atoms with Crippen LogP contribution in [-0.2, 0) is 5.54 Å². The minimum Gasteiger partial charge on any atom is -0.342 e. The summed E-state index contributed by atoms with van der Waals surface area (Å²) in [5.74, 6) is -0.105. The lowest BCUT2D eigenvalue weighted by Gasteiger charge is -2.18. The van der Waals surface area contributed by atoms with Gasteiger partial charge in [0.2, 0.25) is 0 Å². The predicted molar refractivity (Wildman–Crippen MR) is 81.8 cm³/mol. The molecular weight excluding hydrogens is 340 g/mol. The molecule has 0 aliphatic heterocycles. The van der Waals surface area contributed by atoms with Crippen molar-refractivity contribution in [2.45, 2.75) is 18.4 Å². The first-order valence-electron chi connectivity index (χ1n) is 6.28. The van der Waals surface area contributed by atoms with Crippen LogP contribution in [0.25, 0.3) is 0 Å². The van der Waals surface area contributed by atoms with Gasteiger partial charge in [-0.2, -0.15) is 0 Å². The van der Waals surface area contributed by atoms with Crippen molar-refractivity contribution in [1.29, 1.82) is 0 Å². The smallest absolute Gasteiger partial charge is 0.253 e. The Morgan fingerprint density at radius 2 is 1.95 bits per heavy atom. The fourth-order valence-corrected chi connectivity index (χ4v) is 2.70. The first kappa shape index (κ1) is 13.6. The van der Waals surface area contributed by atoms with E-state index in [9.17, 15) is 4.79 Å². The Bertz CT molecular complexity index is 653. The fourth-order valence-electron chi connectivity index (χ4n) is 2.21. The first-order chi connectivity index (χ1) is 9.59. The molecule has 1 fully saturated rings. The molecular formula is C15H12BrClN2O. The van der Waals surface area contributed by atoms with Crippen molar-refractivity contribution in [2.75, 3.05) is 0 Å². The van der Waals surface area contributed by atoms with Gasteiger partial charge in [-0.05, 0) is 52.5 Å². The molecule has 5 heteroatoms. The molecule has 2 aromatic rings. The third-order valence-corrected chi connectivity index (χ3v) is 4.15. The average molecular weight is 352 g/mol. The summed E-state index contributed by atoms with van der Waals surface area (Å²) in [7, 11) is 0. The van der Waals surface area contributed by atoms with E-state index in [4.69, 9.17) is 11.6 Å². The number of nitrogens with zero attached hydrogens (tertiary/aromatic N) is 1. The summed E-state index contributed by atoms with van der Waals surface area (Å²) in [6, 6.07) is 9.40. The molecule has 1 aliphatic carbocycles. The standard InChI is InChI=1S/C15H12BrClN2O/c16-12-7-10(8-18-9-12)14(20)19-15(5-6-15)11-1-3-13(17)4-2-11/h1-4,7-9H,5-6H2,(H,19,20). The van der Waals surface area contributed by atoms with Gasteiger partial charge in [0, 0.05) is 21.9 Å². The highest BCUT2D eigenvalue weighted by molar-refractivity contribution is 9.10. The molecule has 1 aromatic carbocycles. The van der Waals surface area contributed by atoms with Crippen molar-refractivity contribution in [1.82, 2.24) is 10.3 Å². The molecule has 0 unspecified atom stereocenters. The van der Waals surface area contributed by atoms with Crippen molar-refractivity contribution < 1.29 is 4.79 Å². The van der Waals surface area contributed by atoms with E-state index in [1.165, 1.54) is 0 Å². The van der Waals surface area contributed by atoms with E-state index in [0.29, 0.717) is 10.6 Å². The molecule has 0 radical (unpaired) electrons. The highest BCUT2D eigenvalue weighted by Crippen LogP contribution is 2.45. The minimum atomic E-state index is -0.246. The number of pyridine rings is 1. The lowest BCUT2D eigenvalue weighted by atomic mass is 10.0. The largest absolute Gasteiger partial charge is 0.342 e. The lowest BCUT2D eigenvalue weighted by Crippen LogP contribution is -2.34. The number of hydrogen-bond donors (Lipinski definition) is 1. The number of carbonyl (C=O) groups is 1. The van der Waals surface area contributed by atoms with Gasteiger partial charge >= 0.3 is 0 Å². The maximum atomic E-state index is 12.3. The Morgan fingerprint density at radius 3 is 2.55 bits per heavy atom. The summed E-state index contributed by atoms with van der Waals surface area (Å²) in [5.41, 5.74) is 1.40. The van der Waals surface area contributed by atoms with Crippen molar-refractivity contribution in [3.63, 3.8) is 0 Å². The highest BCUT2D eigenvalue weighted by atomic mass is 79.9. The summed E-state index contributed by atoms with van der Waals surface area (Å²) in [5, 5.41) is 3.80. The second kappa shape index (κ2) is 5.19. The van der Waals surface area contributed by atoms with Gasteiger partial charge in [-0.3, -0.25) is 9.78 Å². The molecule has 1 aliphatic rings. The second-order valence-electron chi connectivity index (χ2n) is 4.93. The molecule has 102 valence electrons. The van der Waals surface area contributed by atoms with E-state index in [1.807, 2.05) is 24.3 Å². The van der Waals surface area contributed by atoms with Crippen molar-refractivity contribution in [2.24, 2.45) is 0 Å². The number of benzene rings is 1. The van der Waals surface area contributed by atoms with Gasteiger partial charge in [0.25, 0.3) is 5.91 Å². The second-order valence-corrected chi connectivity index (χ2v) is 6.29. The van der Waals surface area contributed by atoms with E-state index in [-0.39, 0.29) is 11.4 Å². The Hall–Kier alpha value is -1.39. The molecule has 1 N–H and O–H groups in total. The Balaban J connectivity index is 1.80. The lowest BCUT2D eigenvalue weighted by molar-refractivity contribution is 0.0930. The highest BCUT2D eigenvalue weighted by Gasteiger charge is 2.45. The topological polar surface area (TPSA) is 42.0 Å². The zero-order chi connectivity index (χ0) is 14.2. The van der Waals surface area contributed by atoms with Crippen LogP contribution in [0.3, 0.4) is 0 Å². The number of aromatic nitrogens is 1. The molecule has 20 heavy (non-hydrogen) atoms. The van der Waals surface area contributed by atoms with Crippen LogP contribution in [0.2, 0.25) is 5.02 Å². The van der Waals surface area contributed by atoms with Gasteiger partial charge in [0.1, 0.15) is 0 Å². The molecule has 0 spiro atoms. The molecule has 0 bridgehead atoms. The summed E-state index contributed by atoms with van der Waals surface area (Å²) < 4.78 is 0.793. The molecule has 1 heterocycles. The summed E-state index contributed by atoms with van der Waals surface area (Å²) in [6.45, 7) is 0. The third-order valence-electron chi connectivity index (χ3n) is 3.47. The van der Waals surface area contributed by atoms with Crippen LogP contribution in [0.4, 0.5) is 0 Å².